The van der Waals surface area contributed by atoms with Crippen LogP contribution in [0.2, 0.25) is 0 Å². The SMILES string of the molecule is Cc1ccc(CC(=O)Cc2ccc(N)cc2)cc1C. The molecular formula is C17H19NO. The molecule has 2 rings (SSSR count). The fraction of sp³-hybridized carbons (Fsp3) is 0.235. The van der Waals surface area contributed by atoms with Crippen LogP contribution in [0.25, 0.3) is 0 Å². The van der Waals surface area contributed by atoms with Crippen molar-refractivity contribution in [3.63, 3.8) is 0 Å². The molecule has 2 aromatic rings. The van der Waals surface area contributed by atoms with Gasteiger partial charge in [0.05, 0.1) is 0 Å². The Morgan fingerprint density at radius 3 is 2.11 bits per heavy atom. The highest BCUT2D eigenvalue weighted by molar-refractivity contribution is 5.83. The Hall–Kier alpha value is -2.09. The summed E-state index contributed by atoms with van der Waals surface area (Å²) in [4.78, 5) is 12.0. The van der Waals surface area contributed by atoms with Gasteiger partial charge in [0.15, 0.2) is 0 Å². The molecule has 0 aliphatic heterocycles. The van der Waals surface area contributed by atoms with Crippen LogP contribution in [-0.2, 0) is 17.6 Å². The molecule has 0 unspecified atom stereocenters. The Bertz CT molecular complexity index is 585. The Morgan fingerprint density at radius 1 is 0.895 bits per heavy atom. The van der Waals surface area contributed by atoms with Crippen LogP contribution in [0, 0.1) is 13.8 Å². The largest absolute Gasteiger partial charge is 0.399 e. The number of nitrogens with two attached hydrogens (primary N) is 1. The summed E-state index contributed by atoms with van der Waals surface area (Å²) < 4.78 is 0. The molecule has 2 aromatic carbocycles. The molecule has 0 aliphatic carbocycles. The van der Waals surface area contributed by atoms with E-state index >= 15 is 0 Å². The smallest absolute Gasteiger partial charge is 0.141 e. The maximum Gasteiger partial charge on any atom is 0.141 e. The summed E-state index contributed by atoms with van der Waals surface area (Å²) in [6.45, 7) is 4.15. The number of carbonyl (C=O) groups excluding carboxylic acids is 1. The third-order valence-corrected chi connectivity index (χ3v) is 3.35. The van der Waals surface area contributed by atoms with E-state index in [2.05, 4.69) is 26.0 Å². The number of benzene rings is 2. The average Bonchev–Trinajstić information content (AvgIpc) is 2.37. The van der Waals surface area contributed by atoms with Gasteiger partial charge < -0.3 is 5.73 Å². The van der Waals surface area contributed by atoms with Crippen molar-refractivity contribution in [1.29, 1.82) is 0 Å². The van der Waals surface area contributed by atoms with Crippen molar-refractivity contribution in [2.75, 3.05) is 5.73 Å². The summed E-state index contributed by atoms with van der Waals surface area (Å²) in [5.74, 6) is 0.230. The molecule has 0 aromatic heterocycles. The van der Waals surface area contributed by atoms with Crippen LogP contribution in [0.4, 0.5) is 5.69 Å². The third-order valence-electron chi connectivity index (χ3n) is 3.35. The Morgan fingerprint density at radius 2 is 1.47 bits per heavy atom. The number of hydrogen-bond acceptors (Lipinski definition) is 2. The minimum absolute atomic E-state index is 0.230. The molecule has 98 valence electrons. The van der Waals surface area contributed by atoms with Crippen molar-refractivity contribution >= 4 is 11.5 Å². The summed E-state index contributed by atoms with van der Waals surface area (Å²) in [5.41, 5.74) is 11.0. The van der Waals surface area contributed by atoms with Crippen LogP contribution in [0.1, 0.15) is 22.3 Å². The first kappa shape index (κ1) is 13.3. The van der Waals surface area contributed by atoms with Crippen molar-refractivity contribution in [2.45, 2.75) is 26.7 Å². The molecule has 0 spiro atoms. The molecule has 0 amide bonds. The second-order valence-electron chi connectivity index (χ2n) is 5.05. The Kier molecular flexibility index (Phi) is 4.00. The second kappa shape index (κ2) is 5.70. The maximum atomic E-state index is 12.0. The van der Waals surface area contributed by atoms with Crippen molar-refractivity contribution in [3.05, 3.63) is 64.7 Å². The van der Waals surface area contributed by atoms with Gasteiger partial charge in [0.25, 0.3) is 0 Å². The van der Waals surface area contributed by atoms with Gasteiger partial charge in [-0.25, -0.2) is 0 Å². The first-order chi connectivity index (χ1) is 9.04. The first-order valence-electron chi connectivity index (χ1n) is 6.47. The van der Waals surface area contributed by atoms with Gasteiger partial charge in [-0.3, -0.25) is 4.79 Å². The highest BCUT2D eigenvalue weighted by Gasteiger charge is 2.06. The molecule has 2 heteroatoms. The van der Waals surface area contributed by atoms with Gasteiger partial charge in [0, 0.05) is 18.5 Å². The quantitative estimate of drug-likeness (QED) is 0.850. The number of aryl methyl sites for hydroxylation is 2. The molecule has 0 saturated carbocycles. The number of rotatable bonds is 4. The molecule has 0 saturated heterocycles. The van der Waals surface area contributed by atoms with Crippen LogP contribution >= 0.6 is 0 Å². The van der Waals surface area contributed by atoms with Gasteiger partial charge in [0.2, 0.25) is 0 Å². The molecular weight excluding hydrogens is 234 g/mol. The van der Waals surface area contributed by atoms with Gasteiger partial charge in [-0.05, 0) is 48.2 Å². The zero-order valence-electron chi connectivity index (χ0n) is 11.4. The predicted molar refractivity (Wildman–Crippen MR) is 79.2 cm³/mol. The lowest BCUT2D eigenvalue weighted by molar-refractivity contribution is -0.117. The fourth-order valence-corrected chi connectivity index (χ4v) is 2.07. The summed E-state index contributed by atoms with van der Waals surface area (Å²) in [6.07, 6.45) is 0.957. The van der Waals surface area contributed by atoms with E-state index in [0.29, 0.717) is 12.8 Å². The molecule has 0 bridgehead atoms. The van der Waals surface area contributed by atoms with E-state index in [-0.39, 0.29) is 5.78 Å². The molecule has 0 fully saturated rings. The third kappa shape index (κ3) is 3.68. The van der Waals surface area contributed by atoms with Crippen LogP contribution in [0.15, 0.2) is 42.5 Å². The van der Waals surface area contributed by atoms with Crippen molar-refractivity contribution < 1.29 is 4.79 Å². The molecule has 0 aliphatic rings. The highest BCUT2D eigenvalue weighted by Crippen LogP contribution is 2.12. The highest BCUT2D eigenvalue weighted by atomic mass is 16.1. The molecule has 0 atom stereocenters. The minimum Gasteiger partial charge on any atom is -0.399 e. The summed E-state index contributed by atoms with van der Waals surface area (Å²) in [7, 11) is 0. The van der Waals surface area contributed by atoms with Gasteiger partial charge in [-0.1, -0.05) is 30.3 Å². The predicted octanol–water partition coefficient (Wildman–Crippen LogP) is 3.24. The van der Waals surface area contributed by atoms with E-state index in [1.54, 1.807) is 0 Å². The lowest BCUT2D eigenvalue weighted by Crippen LogP contribution is -2.07. The number of anilines is 1. The minimum atomic E-state index is 0.230. The van der Waals surface area contributed by atoms with Crippen molar-refractivity contribution in [2.24, 2.45) is 0 Å². The monoisotopic (exact) mass is 253 g/mol. The lowest BCUT2D eigenvalue weighted by atomic mass is 9.99. The second-order valence-corrected chi connectivity index (χ2v) is 5.05. The zero-order chi connectivity index (χ0) is 13.8. The van der Waals surface area contributed by atoms with Gasteiger partial charge in [-0.2, -0.15) is 0 Å². The van der Waals surface area contributed by atoms with E-state index in [9.17, 15) is 4.79 Å². The van der Waals surface area contributed by atoms with Crippen LogP contribution in [0.3, 0.4) is 0 Å². The number of nitrogen functional groups attached to an aromatic ring is 1. The Balaban J connectivity index is 2.01. The maximum absolute atomic E-state index is 12.0. The van der Waals surface area contributed by atoms with Gasteiger partial charge in [0.1, 0.15) is 5.78 Å². The molecule has 2 N–H and O–H groups in total. The summed E-state index contributed by atoms with van der Waals surface area (Å²) in [6, 6.07) is 13.7. The van der Waals surface area contributed by atoms with E-state index in [1.165, 1.54) is 11.1 Å². The van der Waals surface area contributed by atoms with Crippen molar-refractivity contribution in [1.82, 2.24) is 0 Å². The average molecular weight is 253 g/mol. The summed E-state index contributed by atoms with van der Waals surface area (Å²) >= 11 is 0. The van der Waals surface area contributed by atoms with E-state index in [1.807, 2.05) is 30.3 Å². The van der Waals surface area contributed by atoms with Crippen LogP contribution < -0.4 is 5.73 Å². The van der Waals surface area contributed by atoms with Gasteiger partial charge in [-0.15, -0.1) is 0 Å². The molecule has 0 radical (unpaired) electrons. The number of Topliss-reactive ketones (excluding diaryl/α,β-unsaturated/α-hetero) is 1. The first-order valence-corrected chi connectivity index (χ1v) is 6.47. The van der Waals surface area contributed by atoms with Gasteiger partial charge >= 0.3 is 0 Å². The standard InChI is InChI=1S/C17H19NO/c1-12-3-4-15(9-13(12)2)11-17(19)10-14-5-7-16(18)8-6-14/h3-9H,10-11,18H2,1-2H3. The fourth-order valence-electron chi connectivity index (χ4n) is 2.07. The topological polar surface area (TPSA) is 43.1 Å². The summed E-state index contributed by atoms with van der Waals surface area (Å²) in [5, 5.41) is 0. The van der Waals surface area contributed by atoms with Crippen LogP contribution in [-0.4, -0.2) is 5.78 Å². The van der Waals surface area contributed by atoms with Crippen LogP contribution in [0.5, 0.6) is 0 Å². The normalized spacial score (nSPS) is 10.4. The van der Waals surface area contributed by atoms with E-state index < -0.39 is 0 Å². The molecule has 19 heavy (non-hydrogen) atoms. The molecule has 0 heterocycles. The number of carbonyl (C=O) groups is 1. The molecule has 2 nitrogen and oxygen atoms in total. The number of ketones is 1. The van der Waals surface area contributed by atoms with Crippen molar-refractivity contribution in [3.8, 4) is 0 Å². The van der Waals surface area contributed by atoms with E-state index in [0.717, 1.165) is 16.8 Å². The van der Waals surface area contributed by atoms with E-state index in [4.69, 9.17) is 5.73 Å². The lowest BCUT2D eigenvalue weighted by Gasteiger charge is -2.05. The number of hydrogen-bond donors (Lipinski definition) is 1. The Labute approximate surface area is 114 Å². The zero-order valence-corrected chi connectivity index (χ0v) is 11.4.